The molecule has 0 fully saturated rings. The van der Waals surface area contributed by atoms with E-state index in [0.717, 1.165) is 105 Å². The molecule has 6 aromatic carbocycles. The first-order valence-electron chi connectivity index (χ1n) is 22.4. The summed E-state index contributed by atoms with van der Waals surface area (Å²) < 4.78 is 0. The molecule has 2 aliphatic heterocycles. The molecule has 4 nitrogen and oxygen atoms in total. The molecule has 0 unspecified atom stereocenters. The van der Waals surface area contributed by atoms with Gasteiger partial charge >= 0.3 is 0 Å². The average molecular weight is 887 g/mol. The van der Waals surface area contributed by atoms with Crippen molar-refractivity contribution in [3.05, 3.63) is 221 Å². The Hall–Kier alpha value is -7.43. The van der Waals surface area contributed by atoms with E-state index >= 15 is 0 Å². The topological polar surface area (TPSA) is 56.8 Å². The molecule has 8 bridgehead atoms. The number of rotatable bonds is 7. The predicted molar refractivity (Wildman–Crippen MR) is 286 cm³/mol. The largest absolute Gasteiger partial charge is 0.354 e. The minimum atomic E-state index is -2.89. The molecule has 66 heavy (non-hydrogen) atoms. The van der Waals surface area contributed by atoms with E-state index in [1.54, 1.807) is 0 Å². The van der Waals surface area contributed by atoms with E-state index in [1.165, 1.54) is 22.3 Å². The van der Waals surface area contributed by atoms with Gasteiger partial charge in [-0.3, -0.25) is 4.99 Å². The zero-order valence-corrected chi connectivity index (χ0v) is 39.0. The maximum absolute atomic E-state index is 7.41. The van der Waals surface area contributed by atoms with Gasteiger partial charge in [-0.1, -0.05) is 192 Å². The van der Waals surface area contributed by atoms with Gasteiger partial charge in [0, 0.05) is 67.4 Å². The summed E-state index contributed by atoms with van der Waals surface area (Å²) in [6.45, 7) is 8.53. The van der Waals surface area contributed by atoms with Crippen molar-refractivity contribution in [3.63, 3.8) is 0 Å². The van der Waals surface area contributed by atoms with Crippen molar-refractivity contribution in [1.82, 2.24) is 15.0 Å². The van der Waals surface area contributed by atoms with Gasteiger partial charge in [0.15, 0.2) is 0 Å². The zero-order chi connectivity index (χ0) is 44.9. The number of aryl methyl sites for hydroxylation is 4. The van der Waals surface area contributed by atoms with Gasteiger partial charge in [-0.2, -0.15) is 0 Å². The lowest BCUT2D eigenvalue weighted by molar-refractivity contribution is 1.31. The van der Waals surface area contributed by atoms with Crippen LogP contribution in [0.25, 0.3) is 78.7 Å². The fraction of sp³-hybridized carbons (Fsp3) is 0.0667. The number of aromatic amines is 2. The second-order valence-corrected chi connectivity index (χ2v) is 21.7. The van der Waals surface area contributed by atoms with Gasteiger partial charge in [0.1, 0.15) is 0 Å². The molecule has 0 radical (unpaired) electrons. The number of nitrogens with zero attached hydrogens (tertiary/aromatic N) is 2. The minimum Gasteiger partial charge on any atom is -0.354 e. The van der Waals surface area contributed by atoms with Gasteiger partial charge in [0.25, 0.3) is 0 Å². The molecule has 6 heteroatoms. The number of hydrogen-bond acceptors (Lipinski definition) is 3. The molecule has 0 spiro atoms. The van der Waals surface area contributed by atoms with Crippen molar-refractivity contribution >= 4 is 79.9 Å². The summed E-state index contributed by atoms with van der Waals surface area (Å²) in [5.41, 5.74) is 20.6. The van der Waals surface area contributed by atoms with Gasteiger partial charge in [-0.05, 0) is 97.0 Å². The minimum absolute atomic E-state index is 0.860. The van der Waals surface area contributed by atoms with Gasteiger partial charge in [-0.25, -0.2) is 4.98 Å². The summed E-state index contributed by atoms with van der Waals surface area (Å²) in [4.78, 5) is 19.1. The number of nitrogens with one attached hydrogen (secondary N) is 2. The number of benzene rings is 6. The van der Waals surface area contributed by atoms with Crippen LogP contribution >= 0.6 is 6.04 Å². The molecule has 0 aliphatic carbocycles. The third-order valence-corrected chi connectivity index (χ3v) is 17.8. The highest BCUT2D eigenvalue weighted by molar-refractivity contribution is 8.25. The van der Waals surface area contributed by atoms with E-state index in [9.17, 15) is 0 Å². The first-order valence-corrected chi connectivity index (χ1v) is 25.2. The van der Waals surface area contributed by atoms with E-state index in [2.05, 4.69) is 238 Å². The first kappa shape index (κ1) is 41.3. The summed E-state index contributed by atoms with van der Waals surface area (Å²) in [7, 11) is 0. The van der Waals surface area contributed by atoms with Gasteiger partial charge in [0.05, 0.1) is 17.1 Å². The lowest BCUT2D eigenvalue weighted by Gasteiger charge is -2.26. The zero-order valence-electron chi connectivity index (χ0n) is 37.3. The lowest BCUT2D eigenvalue weighted by atomic mass is 9.99. The van der Waals surface area contributed by atoms with Gasteiger partial charge in [-0.15, -0.1) is 0 Å². The fourth-order valence-corrected chi connectivity index (χ4v) is 13.7. The maximum Gasteiger partial charge on any atom is 0.0826 e. The molecule has 0 saturated carbocycles. The van der Waals surface area contributed by atoms with Gasteiger partial charge in [0.2, 0.25) is 0 Å². The summed E-state index contributed by atoms with van der Waals surface area (Å²) in [5.74, 6) is 0. The van der Waals surface area contributed by atoms with Crippen LogP contribution in [0, 0.1) is 27.7 Å². The fourth-order valence-electron chi connectivity index (χ4n) is 9.40. The monoisotopic (exact) mass is 886 g/mol. The number of fused-ring (bicyclic) bond motifs is 8. The van der Waals surface area contributed by atoms with Gasteiger partial charge < -0.3 is 9.97 Å². The van der Waals surface area contributed by atoms with E-state index in [1.807, 2.05) is 0 Å². The number of hydrogen-bond donors (Lipinski definition) is 2. The number of aliphatic imine (C=N–C) groups is 1. The van der Waals surface area contributed by atoms with E-state index in [0.29, 0.717) is 0 Å². The Kier molecular flexibility index (Phi) is 10.5. The van der Waals surface area contributed by atoms with Crippen molar-refractivity contribution in [2.45, 2.75) is 27.7 Å². The second kappa shape index (κ2) is 16.8. The second-order valence-electron chi connectivity index (χ2n) is 17.4. The van der Waals surface area contributed by atoms with Crippen molar-refractivity contribution in [2.24, 2.45) is 4.99 Å². The SMILES string of the molecule is Cc1ccc(-c2c3nc(c(-c4ccc(C)cc4)c4ccc([nH]4)c(-c4ccc(C)cc4)c4c(P(=S)(c5ccccc5)c5ccccc5)c(c(-c5ccc(C)cc5)c5ccc2[nH]5)C=N4)C=C3)cc1. The Bertz CT molecular complexity index is 3370. The molecule has 3 aromatic heterocycles. The predicted octanol–water partition coefficient (Wildman–Crippen LogP) is 14.5. The summed E-state index contributed by atoms with van der Waals surface area (Å²) >= 11 is 7.41. The van der Waals surface area contributed by atoms with Crippen LogP contribution in [-0.4, -0.2) is 21.2 Å². The third-order valence-electron chi connectivity index (χ3n) is 12.8. The molecule has 5 heterocycles. The molecule has 0 saturated heterocycles. The molecule has 0 amide bonds. The van der Waals surface area contributed by atoms with Crippen LogP contribution < -0.4 is 15.9 Å². The Morgan fingerprint density at radius 2 is 0.742 bits per heavy atom. The highest BCUT2D eigenvalue weighted by atomic mass is 32.4. The molecule has 2 aliphatic rings. The van der Waals surface area contributed by atoms with E-state index < -0.39 is 6.04 Å². The van der Waals surface area contributed by atoms with E-state index in [4.69, 9.17) is 21.8 Å². The summed E-state index contributed by atoms with van der Waals surface area (Å²) in [6.07, 6.45) is 6.41. The van der Waals surface area contributed by atoms with Crippen LogP contribution in [0.2, 0.25) is 0 Å². The molecule has 2 N–H and O–H groups in total. The van der Waals surface area contributed by atoms with Crippen molar-refractivity contribution < 1.29 is 0 Å². The Labute approximate surface area is 391 Å². The number of aromatic nitrogens is 3. The summed E-state index contributed by atoms with van der Waals surface area (Å²) in [6, 6.07) is 62.6. The van der Waals surface area contributed by atoms with Crippen LogP contribution in [0.3, 0.4) is 0 Å². The molecular formula is C60H47N4PS. The van der Waals surface area contributed by atoms with Crippen molar-refractivity contribution in [2.75, 3.05) is 0 Å². The van der Waals surface area contributed by atoms with Crippen LogP contribution in [0.15, 0.2) is 187 Å². The molecule has 9 aromatic rings. The highest BCUT2D eigenvalue weighted by Crippen LogP contribution is 2.51. The van der Waals surface area contributed by atoms with Crippen LogP contribution in [0.5, 0.6) is 0 Å². The quantitative estimate of drug-likeness (QED) is 0.157. The van der Waals surface area contributed by atoms with Crippen molar-refractivity contribution in [3.8, 4) is 44.5 Å². The standard InChI is InChI=1S/C60H47N4PS/c1-38-15-23-42(24-16-38)55-48-37-61-59(60(48)65(66,46-11-7-5-8-12-46)47-13-9-6-10-14-47)58(45-29-21-41(4)22-30-45)54-36-35-53(64-54)57(44-27-19-40(3)20-28-44)52-34-33-51(63-52)56(50-32-31-49(55)62-50)43-25-17-39(2)18-26-43/h5-37,62,64H,1-4H3. The highest BCUT2D eigenvalue weighted by Gasteiger charge is 2.34. The summed E-state index contributed by atoms with van der Waals surface area (Å²) in [5, 5.41) is 3.25. The Morgan fingerprint density at radius 1 is 0.394 bits per heavy atom. The van der Waals surface area contributed by atoms with Crippen LogP contribution in [-0.2, 0) is 11.8 Å². The van der Waals surface area contributed by atoms with Crippen LogP contribution in [0.1, 0.15) is 39.2 Å². The first-order chi connectivity index (χ1) is 32.2. The van der Waals surface area contributed by atoms with E-state index in [-0.39, 0.29) is 0 Å². The number of H-pyrrole nitrogens is 2. The Morgan fingerprint density at radius 3 is 1.15 bits per heavy atom. The third kappa shape index (κ3) is 7.31. The average Bonchev–Trinajstić information content (AvgIpc) is 4.20. The van der Waals surface area contributed by atoms with Crippen molar-refractivity contribution in [1.29, 1.82) is 0 Å². The maximum atomic E-state index is 7.41. The molecule has 11 rings (SSSR count). The smallest absolute Gasteiger partial charge is 0.0826 e. The molecular weight excluding hydrogens is 840 g/mol. The molecule has 318 valence electrons. The molecule has 0 atom stereocenters. The van der Waals surface area contributed by atoms with Crippen LogP contribution in [0.4, 0.5) is 5.69 Å². The Balaban J connectivity index is 1.42. The normalized spacial score (nSPS) is 12.2. The lowest BCUT2D eigenvalue weighted by Crippen LogP contribution is -2.26.